The molecule has 2 fully saturated rings. The van der Waals surface area contributed by atoms with Gasteiger partial charge in [-0.3, -0.25) is 14.4 Å². The van der Waals surface area contributed by atoms with Crippen molar-refractivity contribution in [2.45, 2.75) is 62.5 Å². The molecule has 238 valence electrons. The number of aryl methyl sites for hydroxylation is 2. The van der Waals surface area contributed by atoms with Crippen LogP contribution in [0.1, 0.15) is 43.7 Å². The van der Waals surface area contributed by atoms with Crippen LogP contribution in [0.4, 0.5) is 11.4 Å². The highest BCUT2D eigenvalue weighted by Crippen LogP contribution is 2.61. The van der Waals surface area contributed by atoms with Crippen LogP contribution in [0.2, 0.25) is 0 Å². The van der Waals surface area contributed by atoms with Gasteiger partial charge in [-0.2, -0.15) is 0 Å². The number of unbranched alkanes of at least 4 members (excludes halogenated alkanes) is 3. The summed E-state index contributed by atoms with van der Waals surface area (Å²) in [6.07, 6.45) is 11.4. The van der Waals surface area contributed by atoms with Gasteiger partial charge in [-0.15, -0.1) is 11.8 Å². The summed E-state index contributed by atoms with van der Waals surface area (Å²) < 4.78 is 4.76. The van der Waals surface area contributed by atoms with Gasteiger partial charge in [0.15, 0.2) is 0 Å². The topological polar surface area (TPSA) is 90.4 Å². The Morgan fingerprint density at radius 2 is 1.67 bits per heavy atom. The Labute approximate surface area is 270 Å². The number of ether oxygens (including phenoxy) is 1. The number of hydrogen-bond acceptors (Lipinski definition) is 6. The molecule has 3 amide bonds. The molecular formula is C36H43N3O5S. The zero-order valence-corrected chi connectivity index (χ0v) is 27.2. The van der Waals surface area contributed by atoms with Crippen LogP contribution in [0, 0.1) is 25.7 Å². The predicted octanol–water partition coefficient (Wildman–Crippen LogP) is 5.06. The fourth-order valence-electron chi connectivity index (χ4n) is 7.47. The molecule has 4 aliphatic rings. The van der Waals surface area contributed by atoms with Gasteiger partial charge in [-0.25, -0.2) is 0 Å². The molecule has 4 aliphatic heterocycles. The monoisotopic (exact) mass is 629 g/mol. The summed E-state index contributed by atoms with van der Waals surface area (Å²) in [5.74, 6) is -0.807. The summed E-state index contributed by atoms with van der Waals surface area (Å²) in [4.78, 5) is 49.3. The van der Waals surface area contributed by atoms with Crippen LogP contribution in [0.25, 0.3) is 0 Å². The second-order valence-corrected chi connectivity index (χ2v) is 13.9. The fraction of sp³-hybridized carbons (Fsp3) is 0.472. The lowest BCUT2D eigenvalue weighted by molar-refractivity contribution is -0.138. The van der Waals surface area contributed by atoms with Crippen molar-refractivity contribution in [3.05, 3.63) is 77.9 Å². The highest BCUT2D eigenvalue weighted by atomic mass is 32.2. The summed E-state index contributed by atoms with van der Waals surface area (Å²) >= 11 is 1.61. The third-order valence-electron chi connectivity index (χ3n) is 9.58. The average molecular weight is 630 g/mol. The SMILES string of the molecule is CCOc1ccc(N2CC=C[C@@H]3S[C@]45C=CCN(c6cc(C)ccc6C)C(=O)C4N(CCCCCCO)C(=O)[C@@H]5[C@@H]3C2=O)cc1. The normalized spacial score (nSPS) is 27.4. The molecule has 4 heterocycles. The van der Waals surface area contributed by atoms with E-state index in [1.807, 2.05) is 80.3 Å². The van der Waals surface area contributed by atoms with E-state index in [2.05, 4.69) is 12.2 Å². The molecule has 8 nitrogen and oxygen atoms in total. The lowest BCUT2D eigenvalue weighted by atomic mass is 9.78. The van der Waals surface area contributed by atoms with Crippen LogP contribution < -0.4 is 14.5 Å². The van der Waals surface area contributed by atoms with Gasteiger partial charge in [0.25, 0.3) is 5.91 Å². The first kappa shape index (κ1) is 31.4. The number of aliphatic hydroxyl groups excluding tert-OH is 1. The number of hydrogen-bond donors (Lipinski definition) is 1. The number of anilines is 2. The van der Waals surface area contributed by atoms with E-state index in [0.717, 1.165) is 47.5 Å². The standard InChI is InChI=1S/C36H43N3O5S/c1-4-44-27-16-14-26(15-17-27)37-20-9-11-29-30(33(37)41)31-34(42)39(19-7-5-6-8-22-40)32-35(43)38(21-10-18-36(31,32)45-29)28-23-24(2)12-13-25(28)3/h9-18,23,29-32,40H,4-8,19-22H2,1-3H3/t29-,30+,31-,32?,36-/m0/s1. The van der Waals surface area contributed by atoms with Gasteiger partial charge < -0.3 is 24.5 Å². The lowest BCUT2D eigenvalue weighted by Gasteiger charge is -2.35. The van der Waals surface area contributed by atoms with Gasteiger partial charge in [-0.05, 0) is 75.1 Å². The Bertz CT molecular complexity index is 1510. The summed E-state index contributed by atoms with van der Waals surface area (Å²) in [6, 6.07) is 12.9. The van der Waals surface area contributed by atoms with Crippen molar-refractivity contribution >= 4 is 40.9 Å². The maximum Gasteiger partial charge on any atom is 0.251 e. The molecule has 5 atom stereocenters. The van der Waals surface area contributed by atoms with Crippen LogP contribution in [-0.4, -0.2) is 76.6 Å². The maximum atomic E-state index is 14.8. The molecule has 0 bridgehead atoms. The van der Waals surface area contributed by atoms with E-state index in [1.165, 1.54) is 0 Å². The predicted molar refractivity (Wildman–Crippen MR) is 179 cm³/mol. The molecule has 0 aliphatic carbocycles. The molecule has 2 saturated heterocycles. The van der Waals surface area contributed by atoms with E-state index in [-0.39, 0.29) is 29.6 Å². The number of rotatable bonds is 10. The highest BCUT2D eigenvalue weighted by molar-refractivity contribution is 8.02. The molecule has 1 spiro atoms. The molecule has 0 radical (unpaired) electrons. The Hall–Kier alpha value is -3.56. The van der Waals surface area contributed by atoms with Crippen LogP contribution in [-0.2, 0) is 14.4 Å². The van der Waals surface area contributed by atoms with Crippen molar-refractivity contribution in [3.63, 3.8) is 0 Å². The number of likely N-dealkylation sites (tertiary alicyclic amines) is 1. The van der Waals surface area contributed by atoms with E-state index < -0.39 is 22.6 Å². The minimum atomic E-state index is -0.858. The summed E-state index contributed by atoms with van der Waals surface area (Å²) in [5, 5.41) is 9.03. The zero-order valence-electron chi connectivity index (χ0n) is 26.4. The summed E-state index contributed by atoms with van der Waals surface area (Å²) in [7, 11) is 0. The molecule has 0 saturated carbocycles. The van der Waals surface area contributed by atoms with Crippen LogP contribution in [0.3, 0.4) is 0 Å². The number of thioether (sulfide) groups is 1. The van der Waals surface area contributed by atoms with E-state index in [4.69, 9.17) is 4.74 Å². The number of fused-ring (bicyclic) bond motifs is 2. The molecule has 2 aromatic rings. The second-order valence-electron chi connectivity index (χ2n) is 12.5. The molecule has 45 heavy (non-hydrogen) atoms. The number of carbonyl (C=O) groups excluding carboxylic acids is 3. The number of amides is 3. The van der Waals surface area contributed by atoms with E-state index in [0.29, 0.717) is 32.7 Å². The smallest absolute Gasteiger partial charge is 0.251 e. The van der Waals surface area contributed by atoms with Gasteiger partial charge in [0.1, 0.15) is 11.8 Å². The quantitative estimate of drug-likeness (QED) is 0.292. The Kier molecular flexibility index (Phi) is 9.11. The van der Waals surface area contributed by atoms with Crippen LogP contribution in [0.5, 0.6) is 5.75 Å². The molecule has 6 rings (SSSR count). The van der Waals surface area contributed by atoms with Gasteiger partial charge in [0.05, 0.1) is 23.2 Å². The second kappa shape index (κ2) is 13.0. The van der Waals surface area contributed by atoms with E-state index in [9.17, 15) is 19.5 Å². The van der Waals surface area contributed by atoms with Gasteiger partial charge >= 0.3 is 0 Å². The minimum absolute atomic E-state index is 0.0862. The number of aliphatic hydroxyl groups is 1. The maximum absolute atomic E-state index is 14.8. The van der Waals surface area contributed by atoms with Crippen molar-refractivity contribution in [3.8, 4) is 5.75 Å². The molecule has 1 N–H and O–H groups in total. The Morgan fingerprint density at radius 1 is 0.911 bits per heavy atom. The Morgan fingerprint density at radius 3 is 2.42 bits per heavy atom. The third-order valence-corrected chi connectivity index (χ3v) is 11.3. The number of nitrogens with zero attached hydrogens (tertiary/aromatic N) is 3. The molecule has 2 aromatic carbocycles. The zero-order chi connectivity index (χ0) is 31.7. The van der Waals surface area contributed by atoms with Crippen molar-refractivity contribution < 1.29 is 24.2 Å². The van der Waals surface area contributed by atoms with Crippen molar-refractivity contribution in [2.24, 2.45) is 11.8 Å². The number of benzene rings is 2. The first-order chi connectivity index (χ1) is 21.8. The lowest BCUT2D eigenvalue weighted by Crippen LogP contribution is -2.53. The summed E-state index contributed by atoms with van der Waals surface area (Å²) in [6.45, 7) is 7.93. The highest BCUT2D eigenvalue weighted by Gasteiger charge is 2.71. The molecule has 9 heteroatoms. The van der Waals surface area contributed by atoms with Crippen molar-refractivity contribution in [1.29, 1.82) is 0 Å². The van der Waals surface area contributed by atoms with Gasteiger partial charge in [0.2, 0.25) is 11.8 Å². The third kappa shape index (κ3) is 5.58. The van der Waals surface area contributed by atoms with E-state index >= 15 is 0 Å². The van der Waals surface area contributed by atoms with Gasteiger partial charge in [0, 0.05) is 42.9 Å². The summed E-state index contributed by atoms with van der Waals surface area (Å²) in [5.41, 5.74) is 3.68. The Balaban J connectivity index is 1.38. The molecule has 1 unspecified atom stereocenters. The van der Waals surface area contributed by atoms with Gasteiger partial charge in [-0.1, -0.05) is 49.3 Å². The molecule has 0 aromatic heterocycles. The first-order valence-corrected chi connectivity index (χ1v) is 17.0. The van der Waals surface area contributed by atoms with E-state index in [1.54, 1.807) is 21.6 Å². The first-order valence-electron chi connectivity index (χ1n) is 16.2. The minimum Gasteiger partial charge on any atom is -0.494 e. The largest absolute Gasteiger partial charge is 0.494 e. The number of carbonyl (C=O) groups is 3. The van der Waals surface area contributed by atoms with Crippen molar-refractivity contribution in [2.75, 3.05) is 42.6 Å². The average Bonchev–Trinajstić information content (AvgIpc) is 3.34. The fourth-order valence-corrected chi connectivity index (χ4v) is 9.48. The van der Waals surface area contributed by atoms with Crippen molar-refractivity contribution in [1.82, 2.24) is 4.90 Å². The van der Waals surface area contributed by atoms with Crippen LogP contribution >= 0.6 is 11.8 Å². The molecular weight excluding hydrogens is 586 g/mol. The van der Waals surface area contributed by atoms with Crippen LogP contribution in [0.15, 0.2) is 66.8 Å².